The summed E-state index contributed by atoms with van der Waals surface area (Å²) in [6, 6.07) is 6.20. The second kappa shape index (κ2) is 4.08. The van der Waals surface area contributed by atoms with Crippen molar-refractivity contribution in [3.8, 4) is 0 Å². The summed E-state index contributed by atoms with van der Waals surface area (Å²) in [5.41, 5.74) is 9.06. The van der Waals surface area contributed by atoms with Crippen LogP contribution in [0.2, 0.25) is 0 Å². The van der Waals surface area contributed by atoms with Crippen molar-refractivity contribution in [2.75, 3.05) is 0 Å². The summed E-state index contributed by atoms with van der Waals surface area (Å²) >= 11 is 0. The van der Waals surface area contributed by atoms with Gasteiger partial charge in [0.15, 0.2) is 0 Å². The van der Waals surface area contributed by atoms with Gasteiger partial charge in [-0.05, 0) is 37.1 Å². The normalized spacial score (nSPS) is 11.8. The van der Waals surface area contributed by atoms with Crippen molar-refractivity contribution >= 4 is 11.5 Å². The summed E-state index contributed by atoms with van der Waals surface area (Å²) in [4.78, 5) is 4.29. The van der Waals surface area contributed by atoms with E-state index in [-0.39, 0.29) is 0 Å². The summed E-state index contributed by atoms with van der Waals surface area (Å²) in [5, 5.41) is 0. The fourth-order valence-corrected chi connectivity index (χ4v) is 1.26. The Balaban J connectivity index is 3.02. The predicted octanol–water partition coefficient (Wildman–Crippen LogP) is 2.70. The van der Waals surface area contributed by atoms with E-state index in [9.17, 15) is 0 Å². The van der Waals surface area contributed by atoms with Crippen molar-refractivity contribution in [1.82, 2.24) is 0 Å². The van der Waals surface area contributed by atoms with Crippen LogP contribution in [0, 0.1) is 13.8 Å². The molecule has 0 unspecified atom stereocenters. The fourth-order valence-electron chi connectivity index (χ4n) is 1.26. The van der Waals surface area contributed by atoms with Crippen LogP contribution < -0.4 is 5.73 Å². The molecule has 2 N–H and O–H groups in total. The maximum absolute atomic E-state index is 5.66. The van der Waals surface area contributed by atoms with Crippen molar-refractivity contribution in [1.29, 1.82) is 0 Å². The van der Waals surface area contributed by atoms with Crippen LogP contribution >= 0.6 is 0 Å². The molecule has 0 bridgehead atoms. The van der Waals surface area contributed by atoms with Crippen LogP contribution in [0.1, 0.15) is 24.5 Å². The number of nitrogens with two attached hydrogens (primary N) is 1. The van der Waals surface area contributed by atoms with Gasteiger partial charge in [-0.15, -0.1) is 0 Å². The zero-order chi connectivity index (χ0) is 9.84. The lowest BCUT2D eigenvalue weighted by Gasteiger charge is -2.00. The second-order valence-electron chi connectivity index (χ2n) is 3.30. The Morgan fingerprint density at radius 2 is 1.77 bits per heavy atom. The summed E-state index contributed by atoms with van der Waals surface area (Å²) in [7, 11) is 0. The highest BCUT2D eigenvalue weighted by Gasteiger charge is 1.94. The average Bonchev–Trinajstić information content (AvgIpc) is 2.02. The van der Waals surface area contributed by atoms with Gasteiger partial charge in [0.1, 0.15) is 0 Å². The number of amidine groups is 1. The van der Waals surface area contributed by atoms with Crippen molar-refractivity contribution in [3.05, 3.63) is 29.3 Å². The second-order valence-corrected chi connectivity index (χ2v) is 3.30. The first-order valence-corrected chi connectivity index (χ1v) is 4.53. The molecule has 2 heteroatoms. The maximum Gasteiger partial charge on any atom is 0.0993 e. The van der Waals surface area contributed by atoms with E-state index in [1.165, 1.54) is 11.1 Å². The van der Waals surface area contributed by atoms with Gasteiger partial charge in [0.05, 0.1) is 11.5 Å². The molecular weight excluding hydrogens is 160 g/mol. The third-order valence-electron chi connectivity index (χ3n) is 1.84. The van der Waals surface area contributed by atoms with Gasteiger partial charge in [-0.2, -0.15) is 0 Å². The number of nitrogens with zero attached hydrogens (tertiary/aromatic N) is 1. The summed E-state index contributed by atoms with van der Waals surface area (Å²) in [6.07, 6.45) is 0.799. The molecule has 1 aromatic carbocycles. The lowest BCUT2D eigenvalue weighted by molar-refractivity contribution is 1.23. The number of rotatable bonds is 2. The van der Waals surface area contributed by atoms with E-state index >= 15 is 0 Å². The molecule has 0 heterocycles. The molecule has 1 aromatic rings. The van der Waals surface area contributed by atoms with E-state index in [1.54, 1.807) is 0 Å². The molecule has 0 aliphatic heterocycles. The van der Waals surface area contributed by atoms with Gasteiger partial charge in [0, 0.05) is 6.42 Å². The first-order chi connectivity index (χ1) is 6.11. The van der Waals surface area contributed by atoms with E-state index in [0.717, 1.165) is 12.1 Å². The Kier molecular flexibility index (Phi) is 3.07. The number of hydrogen-bond acceptors (Lipinski definition) is 1. The first-order valence-electron chi connectivity index (χ1n) is 4.53. The van der Waals surface area contributed by atoms with Gasteiger partial charge in [0.2, 0.25) is 0 Å². The van der Waals surface area contributed by atoms with Crippen molar-refractivity contribution < 1.29 is 0 Å². The molecule has 0 amide bonds. The number of aliphatic imine (C=N–C) groups is 1. The molecule has 0 aromatic heterocycles. The Labute approximate surface area is 79.5 Å². The predicted molar refractivity (Wildman–Crippen MR) is 57.5 cm³/mol. The standard InChI is InChI=1S/C11H16N2/c1-4-11(12)13-10-6-8(2)5-9(3)7-10/h5-7H,4H2,1-3H3,(H2,12,13). The van der Waals surface area contributed by atoms with E-state index < -0.39 is 0 Å². The molecule has 1 rings (SSSR count). The van der Waals surface area contributed by atoms with Crippen molar-refractivity contribution in [2.45, 2.75) is 27.2 Å². The Morgan fingerprint density at radius 1 is 1.23 bits per heavy atom. The molecule has 0 spiro atoms. The minimum atomic E-state index is 0.685. The van der Waals surface area contributed by atoms with Crippen LogP contribution in [0.25, 0.3) is 0 Å². The number of hydrogen-bond donors (Lipinski definition) is 1. The Morgan fingerprint density at radius 3 is 2.23 bits per heavy atom. The summed E-state index contributed by atoms with van der Waals surface area (Å²) in [6.45, 7) is 6.13. The molecule has 0 radical (unpaired) electrons. The molecule has 13 heavy (non-hydrogen) atoms. The fraction of sp³-hybridized carbons (Fsp3) is 0.364. The molecular formula is C11H16N2. The molecule has 0 aliphatic carbocycles. The molecule has 70 valence electrons. The van der Waals surface area contributed by atoms with E-state index in [4.69, 9.17) is 5.73 Å². The van der Waals surface area contributed by atoms with Crippen LogP contribution in [-0.2, 0) is 0 Å². The smallest absolute Gasteiger partial charge is 0.0993 e. The van der Waals surface area contributed by atoms with Gasteiger partial charge >= 0.3 is 0 Å². The van der Waals surface area contributed by atoms with E-state index in [2.05, 4.69) is 24.9 Å². The van der Waals surface area contributed by atoms with Crippen molar-refractivity contribution in [2.24, 2.45) is 10.7 Å². The maximum atomic E-state index is 5.66. The van der Waals surface area contributed by atoms with Crippen molar-refractivity contribution in [3.63, 3.8) is 0 Å². The average molecular weight is 176 g/mol. The molecule has 0 fully saturated rings. The third kappa shape index (κ3) is 2.90. The molecule has 0 atom stereocenters. The third-order valence-corrected chi connectivity index (χ3v) is 1.84. The zero-order valence-corrected chi connectivity index (χ0v) is 8.46. The molecule has 0 aliphatic rings. The monoisotopic (exact) mass is 176 g/mol. The largest absolute Gasteiger partial charge is 0.387 e. The Hall–Kier alpha value is -1.31. The highest BCUT2D eigenvalue weighted by atomic mass is 14.8. The number of benzene rings is 1. The summed E-state index contributed by atoms with van der Waals surface area (Å²) in [5.74, 6) is 0.685. The van der Waals surface area contributed by atoms with Gasteiger partial charge in [-0.1, -0.05) is 13.0 Å². The van der Waals surface area contributed by atoms with Crippen LogP contribution in [-0.4, -0.2) is 5.84 Å². The lowest BCUT2D eigenvalue weighted by atomic mass is 10.1. The Bertz CT molecular complexity index is 307. The molecule has 0 saturated carbocycles. The topological polar surface area (TPSA) is 38.4 Å². The lowest BCUT2D eigenvalue weighted by Crippen LogP contribution is -2.08. The summed E-state index contributed by atoms with van der Waals surface area (Å²) < 4.78 is 0. The van der Waals surface area contributed by atoms with Gasteiger partial charge in [0.25, 0.3) is 0 Å². The van der Waals surface area contributed by atoms with E-state index in [1.807, 2.05) is 19.1 Å². The van der Waals surface area contributed by atoms with Crippen LogP contribution in [0.3, 0.4) is 0 Å². The van der Waals surface area contributed by atoms with Crippen LogP contribution in [0.15, 0.2) is 23.2 Å². The van der Waals surface area contributed by atoms with Crippen LogP contribution in [0.4, 0.5) is 5.69 Å². The highest BCUT2D eigenvalue weighted by Crippen LogP contribution is 2.16. The van der Waals surface area contributed by atoms with Gasteiger partial charge in [-0.25, -0.2) is 4.99 Å². The van der Waals surface area contributed by atoms with Gasteiger partial charge in [-0.3, -0.25) is 0 Å². The molecule has 0 saturated heterocycles. The highest BCUT2D eigenvalue weighted by molar-refractivity contribution is 5.82. The van der Waals surface area contributed by atoms with E-state index in [0.29, 0.717) is 5.84 Å². The zero-order valence-electron chi connectivity index (χ0n) is 8.46. The quantitative estimate of drug-likeness (QED) is 0.546. The minimum Gasteiger partial charge on any atom is -0.387 e. The molecule has 2 nitrogen and oxygen atoms in total. The minimum absolute atomic E-state index is 0.685. The van der Waals surface area contributed by atoms with Crippen LogP contribution in [0.5, 0.6) is 0 Å². The first kappa shape index (κ1) is 9.78. The SMILES string of the molecule is CCC(N)=Nc1cc(C)cc(C)c1. The van der Waals surface area contributed by atoms with Gasteiger partial charge < -0.3 is 5.73 Å². The number of aryl methyl sites for hydroxylation is 2.